The van der Waals surface area contributed by atoms with Crippen molar-refractivity contribution in [3.05, 3.63) is 51.5 Å². The van der Waals surface area contributed by atoms with E-state index >= 15 is 0 Å². The smallest absolute Gasteiger partial charge is 0.410 e. The number of aryl methyl sites for hydroxylation is 2. The first-order valence-corrected chi connectivity index (χ1v) is 13.5. The standard InChI is InChI=1S/C28H43N3O4S/c1-19(2)23(31(9)27(33)35-28(5,6)7)17-24(25-29-21(4)18-36-25)34-16-12-15-30(8)26(32)22-14-11-10-13-20(22)3/h10-11,13-14,18-19,23-24H,12,15-17H2,1-9H3/t23?,24-/m1/s1. The lowest BCUT2D eigenvalue weighted by Crippen LogP contribution is -2.44. The van der Waals surface area contributed by atoms with Gasteiger partial charge in [0.2, 0.25) is 0 Å². The number of hydrogen-bond acceptors (Lipinski definition) is 6. The fraction of sp³-hybridized carbons (Fsp3) is 0.607. The molecular weight excluding hydrogens is 474 g/mol. The first-order valence-electron chi connectivity index (χ1n) is 12.6. The zero-order valence-electron chi connectivity index (χ0n) is 23.3. The van der Waals surface area contributed by atoms with Crippen LogP contribution >= 0.6 is 11.3 Å². The molecule has 1 aromatic carbocycles. The number of amides is 2. The molecule has 2 aromatic rings. The van der Waals surface area contributed by atoms with E-state index in [1.807, 2.05) is 71.3 Å². The van der Waals surface area contributed by atoms with E-state index in [1.165, 1.54) is 0 Å². The third-order valence-electron chi connectivity index (χ3n) is 6.00. The van der Waals surface area contributed by atoms with Crippen molar-refractivity contribution in [1.82, 2.24) is 14.8 Å². The Labute approximate surface area is 220 Å². The first kappa shape index (κ1) is 29.8. The highest BCUT2D eigenvalue weighted by atomic mass is 32.1. The van der Waals surface area contributed by atoms with E-state index < -0.39 is 5.60 Å². The minimum atomic E-state index is -0.559. The molecule has 0 spiro atoms. The number of nitrogens with zero attached hydrogens (tertiary/aromatic N) is 3. The largest absolute Gasteiger partial charge is 0.444 e. The summed E-state index contributed by atoms with van der Waals surface area (Å²) < 4.78 is 12.0. The van der Waals surface area contributed by atoms with Gasteiger partial charge in [0.15, 0.2) is 0 Å². The van der Waals surface area contributed by atoms with Gasteiger partial charge in [-0.1, -0.05) is 32.0 Å². The van der Waals surface area contributed by atoms with Gasteiger partial charge in [0.1, 0.15) is 16.7 Å². The van der Waals surface area contributed by atoms with Crippen LogP contribution in [0.3, 0.4) is 0 Å². The van der Waals surface area contributed by atoms with Crippen LogP contribution in [0.5, 0.6) is 0 Å². The summed E-state index contributed by atoms with van der Waals surface area (Å²) in [5.74, 6) is 0.214. The van der Waals surface area contributed by atoms with Crippen LogP contribution in [0.15, 0.2) is 29.6 Å². The van der Waals surface area contributed by atoms with Gasteiger partial charge in [-0.2, -0.15) is 0 Å². The predicted octanol–water partition coefficient (Wildman–Crippen LogP) is 6.26. The average molecular weight is 518 g/mol. The maximum Gasteiger partial charge on any atom is 0.410 e. The second kappa shape index (κ2) is 13.2. The van der Waals surface area contributed by atoms with Crippen LogP contribution in [0.2, 0.25) is 0 Å². The van der Waals surface area contributed by atoms with Gasteiger partial charge in [-0.05, 0) is 58.6 Å². The molecule has 0 N–H and O–H groups in total. The van der Waals surface area contributed by atoms with Crippen molar-refractivity contribution in [2.24, 2.45) is 5.92 Å². The molecule has 0 aliphatic carbocycles. The lowest BCUT2D eigenvalue weighted by Gasteiger charge is -2.34. The van der Waals surface area contributed by atoms with E-state index in [1.54, 1.807) is 28.2 Å². The molecule has 1 unspecified atom stereocenters. The Morgan fingerprint density at radius 1 is 1.11 bits per heavy atom. The summed E-state index contributed by atoms with van der Waals surface area (Å²) >= 11 is 1.57. The molecule has 0 radical (unpaired) electrons. The van der Waals surface area contributed by atoms with Crippen molar-refractivity contribution in [1.29, 1.82) is 0 Å². The van der Waals surface area contributed by atoms with Gasteiger partial charge in [-0.3, -0.25) is 4.79 Å². The molecule has 1 heterocycles. The first-order chi connectivity index (χ1) is 16.8. The van der Waals surface area contributed by atoms with E-state index in [0.29, 0.717) is 26.0 Å². The van der Waals surface area contributed by atoms with Gasteiger partial charge in [-0.25, -0.2) is 9.78 Å². The van der Waals surface area contributed by atoms with E-state index in [9.17, 15) is 9.59 Å². The van der Waals surface area contributed by atoms with Crippen LogP contribution in [0.4, 0.5) is 4.79 Å². The topological polar surface area (TPSA) is 72.0 Å². The Balaban J connectivity index is 2.04. The molecule has 0 aliphatic heterocycles. The quantitative estimate of drug-likeness (QED) is 0.329. The minimum absolute atomic E-state index is 0.0130. The van der Waals surface area contributed by atoms with Crippen LogP contribution in [0.25, 0.3) is 0 Å². The Morgan fingerprint density at radius 2 is 1.78 bits per heavy atom. The van der Waals surface area contributed by atoms with Crippen LogP contribution < -0.4 is 0 Å². The fourth-order valence-electron chi connectivity index (χ4n) is 3.97. The summed E-state index contributed by atoms with van der Waals surface area (Å²) in [6.45, 7) is 14.8. The summed E-state index contributed by atoms with van der Waals surface area (Å²) in [4.78, 5) is 33.7. The lowest BCUT2D eigenvalue weighted by molar-refractivity contribution is -0.00454. The molecule has 0 aliphatic rings. The molecule has 2 amide bonds. The SMILES string of the molecule is Cc1csc([C@@H](CC(C(C)C)N(C)C(=O)OC(C)(C)C)OCCCN(C)C(=O)c2ccccc2C)n1. The molecule has 0 fully saturated rings. The second-order valence-electron chi connectivity index (χ2n) is 10.7. The molecule has 0 saturated heterocycles. The summed E-state index contributed by atoms with van der Waals surface area (Å²) in [5, 5.41) is 2.92. The molecule has 1 aromatic heterocycles. The molecule has 0 saturated carbocycles. The normalized spacial score (nSPS) is 13.4. The van der Waals surface area contributed by atoms with Crippen LogP contribution in [-0.2, 0) is 9.47 Å². The second-order valence-corrected chi connectivity index (χ2v) is 11.6. The third kappa shape index (κ3) is 8.89. The molecular formula is C28H43N3O4S. The van der Waals surface area contributed by atoms with Crippen LogP contribution in [-0.4, -0.2) is 65.7 Å². The molecule has 36 heavy (non-hydrogen) atoms. The zero-order valence-corrected chi connectivity index (χ0v) is 24.1. The monoisotopic (exact) mass is 517 g/mol. The number of hydrogen-bond donors (Lipinski definition) is 0. The summed E-state index contributed by atoms with van der Waals surface area (Å²) in [6.07, 6.45) is 0.714. The van der Waals surface area contributed by atoms with Crippen molar-refractivity contribution >= 4 is 23.3 Å². The predicted molar refractivity (Wildman–Crippen MR) is 146 cm³/mol. The van der Waals surface area contributed by atoms with Crippen molar-refractivity contribution in [3.8, 4) is 0 Å². The Kier molecular flexibility index (Phi) is 10.9. The molecule has 2 rings (SSSR count). The molecule has 200 valence electrons. The van der Waals surface area contributed by atoms with Crippen LogP contribution in [0.1, 0.15) is 80.2 Å². The highest BCUT2D eigenvalue weighted by molar-refractivity contribution is 7.09. The summed E-state index contributed by atoms with van der Waals surface area (Å²) in [6, 6.07) is 7.55. The molecule has 7 nitrogen and oxygen atoms in total. The maximum absolute atomic E-state index is 12.8. The van der Waals surface area contributed by atoms with Gasteiger partial charge < -0.3 is 19.3 Å². The van der Waals surface area contributed by atoms with Crippen LogP contribution in [0, 0.1) is 19.8 Å². The summed E-state index contributed by atoms with van der Waals surface area (Å²) in [7, 11) is 3.61. The van der Waals surface area contributed by atoms with Gasteiger partial charge in [0.05, 0.1) is 0 Å². The maximum atomic E-state index is 12.8. The van der Waals surface area contributed by atoms with E-state index in [-0.39, 0.29) is 30.1 Å². The van der Waals surface area contributed by atoms with E-state index in [2.05, 4.69) is 18.8 Å². The van der Waals surface area contributed by atoms with Gasteiger partial charge >= 0.3 is 6.09 Å². The Bertz CT molecular complexity index is 999. The van der Waals surface area contributed by atoms with Crippen molar-refractivity contribution in [3.63, 3.8) is 0 Å². The Morgan fingerprint density at radius 3 is 2.33 bits per heavy atom. The lowest BCUT2D eigenvalue weighted by atomic mass is 9.96. The third-order valence-corrected chi connectivity index (χ3v) is 7.05. The number of carbonyl (C=O) groups excluding carboxylic acids is 2. The van der Waals surface area contributed by atoms with E-state index in [0.717, 1.165) is 21.8 Å². The average Bonchev–Trinajstić information content (AvgIpc) is 3.22. The Hall–Kier alpha value is -2.45. The zero-order chi connectivity index (χ0) is 27.0. The highest BCUT2D eigenvalue weighted by Gasteiger charge is 2.31. The van der Waals surface area contributed by atoms with Gasteiger partial charge in [0.25, 0.3) is 5.91 Å². The molecule has 0 bridgehead atoms. The number of aromatic nitrogens is 1. The molecule has 2 atom stereocenters. The number of carbonyl (C=O) groups is 2. The van der Waals surface area contributed by atoms with Crippen molar-refractivity contribution in [2.45, 2.75) is 79.1 Å². The number of thiazole rings is 1. The number of ether oxygens (including phenoxy) is 2. The van der Waals surface area contributed by atoms with Crippen molar-refractivity contribution < 1.29 is 19.1 Å². The summed E-state index contributed by atoms with van der Waals surface area (Å²) in [5.41, 5.74) is 2.09. The fourth-order valence-corrected chi connectivity index (χ4v) is 4.83. The van der Waals surface area contributed by atoms with Gasteiger partial charge in [-0.15, -0.1) is 11.3 Å². The van der Waals surface area contributed by atoms with E-state index in [4.69, 9.17) is 9.47 Å². The number of benzene rings is 1. The minimum Gasteiger partial charge on any atom is -0.444 e. The van der Waals surface area contributed by atoms with Crippen molar-refractivity contribution in [2.75, 3.05) is 27.2 Å². The highest BCUT2D eigenvalue weighted by Crippen LogP contribution is 2.30. The van der Waals surface area contributed by atoms with Gasteiger partial charge in [0, 0.05) is 56.3 Å². The molecule has 8 heteroatoms. The number of rotatable bonds is 11.